The van der Waals surface area contributed by atoms with Crippen molar-refractivity contribution in [3.05, 3.63) is 35.6 Å². The van der Waals surface area contributed by atoms with Crippen LogP contribution in [0.15, 0.2) is 24.3 Å². The average molecular weight is 392 g/mol. The number of carbonyl (C=O) groups is 2. The first-order valence-corrected chi connectivity index (χ1v) is 10.1. The SMILES string of the molecule is O=C(NCC1(Cc2ccc(F)cc2)CCCC1O)NC1CCC(C(=O)O)CC1. The minimum Gasteiger partial charge on any atom is -0.481 e. The first-order valence-electron chi connectivity index (χ1n) is 10.1. The number of aliphatic carboxylic acids is 1. The van der Waals surface area contributed by atoms with Crippen LogP contribution in [0.25, 0.3) is 0 Å². The number of urea groups is 1. The molecule has 28 heavy (non-hydrogen) atoms. The zero-order valence-electron chi connectivity index (χ0n) is 16.0. The van der Waals surface area contributed by atoms with Gasteiger partial charge in [0.2, 0.25) is 0 Å². The molecule has 4 N–H and O–H groups in total. The summed E-state index contributed by atoms with van der Waals surface area (Å²) in [5.74, 6) is -1.37. The van der Waals surface area contributed by atoms with Crippen LogP contribution in [0.5, 0.6) is 0 Å². The second kappa shape index (κ2) is 8.90. The summed E-state index contributed by atoms with van der Waals surface area (Å²) in [7, 11) is 0. The van der Waals surface area contributed by atoms with Crippen LogP contribution in [0.2, 0.25) is 0 Å². The maximum absolute atomic E-state index is 13.2. The Labute approximate surface area is 164 Å². The lowest BCUT2D eigenvalue weighted by Gasteiger charge is -2.34. The molecule has 154 valence electrons. The van der Waals surface area contributed by atoms with Gasteiger partial charge < -0.3 is 20.8 Å². The minimum absolute atomic E-state index is 0.0165. The molecule has 0 spiro atoms. The summed E-state index contributed by atoms with van der Waals surface area (Å²) in [5.41, 5.74) is 0.493. The van der Waals surface area contributed by atoms with E-state index in [-0.39, 0.29) is 23.8 Å². The van der Waals surface area contributed by atoms with Gasteiger partial charge >= 0.3 is 12.0 Å². The van der Waals surface area contributed by atoms with E-state index in [9.17, 15) is 19.1 Å². The number of nitrogens with one attached hydrogen (secondary N) is 2. The summed E-state index contributed by atoms with van der Waals surface area (Å²) in [6, 6.07) is 5.98. The lowest BCUT2D eigenvalue weighted by molar-refractivity contribution is -0.142. The Balaban J connectivity index is 1.53. The van der Waals surface area contributed by atoms with Crippen LogP contribution in [0.1, 0.15) is 50.5 Å². The lowest BCUT2D eigenvalue weighted by Crippen LogP contribution is -2.49. The van der Waals surface area contributed by atoms with Crippen molar-refractivity contribution >= 4 is 12.0 Å². The van der Waals surface area contributed by atoms with Crippen molar-refractivity contribution in [3.63, 3.8) is 0 Å². The van der Waals surface area contributed by atoms with Gasteiger partial charge in [0.05, 0.1) is 12.0 Å². The number of benzene rings is 1. The third kappa shape index (κ3) is 5.01. The van der Waals surface area contributed by atoms with E-state index >= 15 is 0 Å². The van der Waals surface area contributed by atoms with E-state index in [1.54, 1.807) is 12.1 Å². The van der Waals surface area contributed by atoms with Crippen molar-refractivity contribution < 1.29 is 24.2 Å². The normalized spacial score (nSPS) is 30.0. The van der Waals surface area contributed by atoms with Crippen molar-refractivity contribution in [3.8, 4) is 0 Å². The monoisotopic (exact) mass is 392 g/mol. The molecular weight excluding hydrogens is 363 g/mol. The molecule has 2 aliphatic rings. The average Bonchev–Trinajstić information content (AvgIpc) is 3.03. The van der Waals surface area contributed by atoms with Crippen molar-refractivity contribution in [2.45, 2.75) is 63.5 Å². The molecular formula is C21H29FN2O4. The van der Waals surface area contributed by atoms with E-state index < -0.39 is 17.5 Å². The third-order valence-electron chi connectivity index (χ3n) is 6.34. The highest BCUT2D eigenvalue weighted by Crippen LogP contribution is 2.41. The molecule has 0 radical (unpaired) electrons. The van der Waals surface area contributed by atoms with Gasteiger partial charge in [-0.15, -0.1) is 0 Å². The fourth-order valence-electron chi connectivity index (χ4n) is 4.58. The van der Waals surface area contributed by atoms with Gasteiger partial charge in [0.15, 0.2) is 0 Å². The van der Waals surface area contributed by atoms with Gasteiger partial charge in [-0.2, -0.15) is 0 Å². The van der Waals surface area contributed by atoms with Gasteiger partial charge in [-0.25, -0.2) is 9.18 Å². The molecule has 3 rings (SSSR count). The molecule has 2 unspecified atom stereocenters. The number of hydrogen-bond donors (Lipinski definition) is 4. The van der Waals surface area contributed by atoms with Crippen LogP contribution < -0.4 is 10.6 Å². The zero-order chi connectivity index (χ0) is 20.1. The van der Waals surface area contributed by atoms with Gasteiger partial charge in [0.1, 0.15) is 5.82 Å². The molecule has 1 aromatic rings. The van der Waals surface area contributed by atoms with Gasteiger partial charge in [-0.1, -0.05) is 18.6 Å². The Hall–Kier alpha value is -2.15. The number of hydrogen-bond acceptors (Lipinski definition) is 3. The maximum atomic E-state index is 13.2. The predicted octanol–water partition coefficient (Wildman–Crippen LogP) is 2.84. The number of halogens is 1. The standard InChI is InChI=1S/C21H29FN2O4/c22-16-7-3-14(4-8-16)12-21(11-1-2-18(21)25)13-23-20(28)24-17-9-5-15(6-10-17)19(26)27/h3-4,7-8,15,17-18,25H,1-2,5-6,9-13H2,(H,26,27)(H2,23,24,28). The van der Waals surface area contributed by atoms with Crippen molar-refractivity contribution in [1.82, 2.24) is 10.6 Å². The number of aliphatic hydroxyl groups excluding tert-OH is 1. The van der Waals surface area contributed by atoms with Crippen molar-refractivity contribution in [2.24, 2.45) is 11.3 Å². The van der Waals surface area contributed by atoms with E-state index in [0.717, 1.165) is 18.4 Å². The Bertz CT molecular complexity index is 688. The van der Waals surface area contributed by atoms with Crippen molar-refractivity contribution in [1.29, 1.82) is 0 Å². The Morgan fingerprint density at radius 2 is 1.79 bits per heavy atom. The van der Waals surface area contributed by atoms with Crippen LogP contribution in [0.3, 0.4) is 0 Å². The van der Waals surface area contributed by atoms with E-state index in [0.29, 0.717) is 45.1 Å². The first-order chi connectivity index (χ1) is 13.4. The second-order valence-electron chi connectivity index (χ2n) is 8.29. The molecule has 0 saturated heterocycles. The van der Waals surface area contributed by atoms with Crippen LogP contribution >= 0.6 is 0 Å². The number of rotatable bonds is 6. The summed E-state index contributed by atoms with van der Waals surface area (Å²) in [5, 5.41) is 25.5. The summed E-state index contributed by atoms with van der Waals surface area (Å²) in [4.78, 5) is 23.4. The van der Waals surface area contributed by atoms with Crippen LogP contribution in [0, 0.1) is 17.2 Å². The number of carboxylic acid groups (broad SMARTS) is 1. The van der Waals surface area contributed by atoms with Gasteiger partial charge in [0.25, 0.3) is 0 Å². The number of aliphatic hydroxyl groups is 1. The quantitative estimate of drug-likeness (QED) is 0.598. The molecule has 0 aliphatic heterocycles. The highest BCUT2D eigenvalue weighted by molar-refractivity contribution is 5.74. The van der Waals surface area contributed by atoms with E-state index in [4.69, 9.17) is 5.11 Å². The highest BCUT2D eigenvalue weighted by atomic mass is 19.1. The largest absolute Gasteiger partial charge is 0.481 e. The summed E-state index contributed by atoms with van der Waals surface area (Å²) >= 11 is 0. The van der Waals surface area contributed by atoms with E-state index in [1.807, 2.05) is 0 Å². The number of amides is 2. The third-order valence-corrected chi connectivity index (χ3v) is 6.34. The first kappa shape index (κ1) is 20.6. The fraction of sp³-hybridized carbons (Fsp3) is 0.619. The Morgan fingerprint density at radius 1 is 1.11 bits per heavy atom. The Kier molecular flexibility index (Phi) is 6.54. The molecule has 2 atom stereocenters. The molecule has 2 saturated carbocycles. The number of carbonyl (C=O) groups excluding carboxylic acids is 1. The maximum Gasteiger partial charge on any atom is 0.315 e. The smallest absolute Gasteiger partial charge is 0.315 e. The minimum atomic E-state index is -0.763. The molecule has 2 aliphatic carbocycles. The van der Waals surface area contributed by atoms with Crippen LogP contribution in [0.4, 0.5) is 9.18 Å². The molecule has 2 amide bonds. The topological polar surface area (TPSA) is 98.7 Å². The molecule has 2 fully saturated rings. The van der Waals surface area contributed by atoms with Crippen LogP contribution in [-0.4, -0.2) is 40.9 Å². The van der Waals surface area contributed by atoms with Gasteiger partial charge in [-0.3, -0.25) is 4.79 Å². The zero-order valence-corrected chi connectivity index (χ0v) is 16.0. The Morgan fingerprint density at radius 3 is 2.36 bits per heavy atom. The van der Waals surface area contributed by atoms with Gasteiger partial charge in [-0.05, 0) is 62.6 Å². The molecule has 0 bridgehead atoms. The molecule has 1 aromatic carbocycles. The summed E-state index contributed by atoms with van der Waals surface area (Å²) < 4.78 is 13.2. The summed E-state index contributed by atoms with van der Waals surface area (Å²) in [6.45, 7) is 0.349. The van der Waals surface area contributed by atoms with Gasteiger partial charge in [0, 0.05) is 18.0 Å². The highest BCUT2D eigenvalue weighted by Gasteiger charge is 2.42. The molecule has 7 heteroatoms. The predicted molar refractivity (Wildman–Crippen MR) is 102 cm³/mol. The summed E-state index contributed by atoms with van der Waals surface area (Å²) in [6.07, 6.45) is 4.94. The molecule has 0 heterocycles. The van der Waals surface area contributed by atoms with Crippen molar-refractivity contribution in [2.75, 3.05) is 6.54 Å². The lowest BCUT2D eigenvalue weighted by atomic mass is 9.78. The van der Waals surface area contributed by atoms with Crippen LogP contribution in [-0.2, 0) is 11.2 Å². The molecule has 6 nitrogen and oxygen atoms in total. The second-order valence-corrected chi connectivity index (χ2v) is 8.29. The fourth-order valence-corrected chi connectivity index (χ4v) is 4.58. The van der Waals surface area contributed by atoms with E-state index in [2.05, 4.69) is 10.6 Å². The number of carboxylic acids is 1. The molecule has 0 aromatic heterocycles. The van der Waals surface area contributed by atoms with E-state index in [1.165, 1.54) is 12.1 Å².